The zero-order chi connectivity index (χ0) is 22.6. The lowest BCUT2D eigenvalue weighted by Gasteiger charge is -2.28. The van der Waals surface area contributed by atoms with Gasteiger partial charge in [-0.25, -0.2) is 0 Å². The molecule has 1 aromatic carbocycles. The van der Waals surface area contributed by atoms with Gasteiger partial charge in [-0.1, -0.05) is 18.2 Å². The minimum absolute atomic E-state index is 0.0651. The monoisotopic (exact) mass is 468 g/mol. The zero-order valence-electron chi connectivity index (χ0n) is 19.5. The predicted molar refractivity (Wildman–Crippen MR) is 128 cm³/mol. The molecule has 1 heterocycles. The van der Waals surface area contributed by atoms with E-state index in [0.29, 0.717) is 0 Å². The molecule has 30 heavy (non-hydrogen) atoms. The molecular formula is C22H36O5SSi2. The molecule has 0 N–H and O–H groups in total. The fourth-order valence-electron chi connectivity index (χ4n) is 3.24. The second kappa shape index (κ2) is 10.0. The van der Waals surface area contributed by atoms with Crippen molar-refractivity contribution in [3.05, 3.63) is 42.4 Å². The zero-order valence-corrected chi connectivity index (χ0v) is 22.3. The van der Waals surface area contributed by atoms with Gasteiger partial charge in [-0.3, -0.25) is 4.79 Å². The summed E-state index contributed by atoms with van der Waals surface area (Å²) in [5.74, 6) is 0.218. The molecule has 1 fully saturated rings. The maximum Gasteiger partial charge on any atom is 0.268 e. The van der Waals surface area contributed by atoms with Crippen LogP contribution in [0, 0.1) is 0 Å². The second-order valence-electron chi connectivity index (χ2n) is 9.86. The summed E-state index contributed by atoms with van der Waals surface area (Å²) < 4.78 is 23.8. The van der Waals surface area contributed by atoms with Crippen LogP contribution in [0.2, 0.25) is 39.3 Å². The molecule has 0 amide bonds. The molecule has 0 spiro atoms. The minimum Gasteiger partial charge on any atom is -0.520 e. The van der Waals surface area contributed by atoms with E-state index in [9.17, 15) is 4.79 Å². The number of methoxy groups -OCH3 is 1. The van der Waals surface area contributed by atoms with Crippen molar-refractivity contribution < 1.29 is 23.1 Å². The Hall–Kier alpha value is -1.07. The van der Waals surface area contributed by atoms with Crippen LogP contribution in [0.15, 0.2) is 47.2 Å². The number of thioether (sulfide) groups is 1. The van der Waals surface area contributed by atoms with Crippen molar-refractivity contribution >= 4 is 34.2 Å². The first kappa shape index (κ1) is 25.2. The van der Waals surface area contributed by atoms with Gasteiger partial charge >= 0.3 is 0 Å². The maximum atomic E-state index is 12.8. The van der Waals surface area contributed by atoms with Crippen LogP contribution in [0.5, 0.6) is 0 Å². The van der Waals surface area contributed by atoms with Crippen LogP contribution in [0.4, 0.5) is 0 Å². The Balaban J connectivity index is 2.13. The van der Waals surface area contributed by atoms with Gasteiger partial charge in [-0.2, -0.15) is 0 Å². The normalized spacial score (nSPS) is 25.3. The number of carbonyl (C=O) groups is 1. The molecule has 3 atom stereocenters. The Labute approximate surface area is 187 Å². The number of hydrogen-bond donors (Lipinski definition) is 0. The molecule has 1 saturated heterocycles. The smallest absolute Gasteiger partial charge is 0.268 e. The topological polar surface area (TPSA) is 54.0 Å². The molecule has 5 nitrogen and oxygen atoms in total. The van der Waals surface area contributed by atoms with Crippen LogP contribution >= 0.6 is 11.8 Å². The third-order valence-electron chi connectivity index (χ3n) is 4.27. The summed E-state index contributed by atoms with van der Waals surface area (Å²) in [7, 11) is -2.15. The number of benzene rings is 1. The van der Waals surface area contributed by atoms with E-state index in [2.05, 4.69) is 51.4 Å². The van der Waals surface area contributed by atoms with Crippen molar-refractivity contribution in [2.24, 2.45) is 0 Å². The molecule has 1 aliphatic heterocycles. The molecule has 2 rings (SSSR count). The highest BCUT2D eigenvalue weighted by molar-refractivity contribution is 8.00. The summed E-state index contributed by atoms with van der Waals surface area (Å²) in [6.45, 7) is 14.6. The van der Waals surface area contributed by atoms with E-state index >= 15 is 0 Å². The van der Waals surface area contributed by atoms with Crippen LogP contribution in [-0.2, 0) is 23.1 Å². The third kappa shape index (κ3) is 8.59. The van der Waals surface area contributed by atoms with Gasteiger partial charge < -0.3 is 18.3 Å². The van der Waals surface area contributed by atoms with E-state index in [1.807, 2.05) is 25.1 Å². The molecule has 0 radical (unpaired) electrons. The Morgan fingerprint density at radius 3 is 2.33 bits per heavy atom. The summed E-state index contributed by atoms with van der Waals surface area (Å²) >= 11 is 1.76. The molecule has 168 valence electrons. The standard InChI is InChI=1S/C22H36O5SSi2/c1-22(15-17(23)14-20(24-2)26-29(3,4)5)16-19(21(25-22)27-30(6,7)8)28-18-12-10-9-11-13-18/h9-14,19,21H,15-16H2,1-8H3/b20-14-/t19-,21?,22-/m1/s1. The highest BCUT2D eigenvalue weighted by Gasteiger charge is 2.46. The van der Waals surface area contributed by atoms with Crippen LogP contribution < -0.4 is 0 Å². The highest BCUT2D eigenvalue weighted by Crippen LogP contribution is 2.43. The summed E-state index contributed by atoms with van der Waals surface area (Å²) in [5, 5.41) is 0.126. The van der Waals surface area contributed by atoms with Gasteiger partial charge in [0.25, 0.3) is 5.95 Å². The molecule has 1 aliphatic rings. The first-order valence-corrected chi connectivity index (χ1v) is 18.0. The SMILES string of the molecule is CO/C(=C/C(=O)C[C@]1(C)C[C@@H](Sc2ccccc2)C(O[Si](C)(C)C)O1)O[Si](C)(C)C. The number of carbonyl (C=O) groups excluding carboxylic acids is 1. The molecule has 0 aliphatic carbocycles. The first-order valence-electron chi connectivity index (χ1n) is 10.3. The Bertz CT molecular complexity index is 742. The molecule has 0 aromatic heterocycles. The summed E-state index contributed by atoms with van der Waals surface area (Å²) in [5.41, 5.74) is -0.595. The quantitative estimate of drug-likeness (QED) is 0.246. The molecule has 0 bridgehead atoms. The summed E-state index contributed by atoms with van der Waals surface area (Å²) in [6.07, 6.45) is 2.12. The Kier molecular flexibility index (Phi) is 8.43. The van der Waals surface area contributed by atoms with Crippen molar-refractivity contribution in [3.63, 3.8) is 0 Å². The molecular weight excluding hydrogens is 432 g/mol. The van der Waals surface area contributed by atoms with Crippen LogP contribution in [-0.4, -0.2) is 46.7 Å². The van der Waals surface area contributed by atoms with E-state index in [0.717, 1.165) is 6.42 Å². The van der Waals surface area contributed by atoms with E-state index < -0.39 is 22.2 Å². The fourth-order valence-corrected chi connectivity index (χ4v) is 6.32. The van der Waals surface area contributed by atoms with E-state index in [-0.39, 0.29) is 29.7 Å². The van der Waals surface area contributed by atoms with Gasteiger partial charge in [-0.15, -0.1) is 11.8 Å². The predicted octanol–water partition coefficient (Wildman–Crippen LogP) is 5.80. The van der Waals surface area contributed by atoms with Crippen molar-refractivity contribution in [2.75, 3.05) is 7.11 Å². The van der Waals surface area contributed by atoms with E-state index in [1.165, 1.54) is 18.1 Å². The van der Waals surface area contributed by atoms with Crippen LogP contribution in [0.3, 0.4) is 0 Å². The summed E-state index contributed by atoms with van der Waals surface area (Å²) in [4.78, 5) is 14.0. The number of allylic oxidation sites excluding steroid dienone is 1. The molecule has 1 aromatic rings. The highest BCUT2D eigenvalue weighted by atomic mass is 32.2. The van der Waals surface area contributed by atoms with Crippen molar-refractivity contribution in [1.82, 2.24) is 0 Å². The van der Waals surface area contributed by atoms with Gasteiger partial charge in [0.05, 0.1) is 24.0 Å². The number of hydrogen-bond acceptors (Lipinski definition) is 6. The number of rotatable bonds is 10. The van der Waals surface area contributed by atoms with Crippen molar-refractivity contribution in [2.45, 2.75) is 81.1 Å². The average Bonchev–Trinajstić information content (AvgIpc) is 2.86. The van der Waals surface area contributed by atoms with Gasteiger partial charge in [0, 0.05) is 11.3 Å². The second-order valence-corrected chi connectivity index (χ2v) is 20.1. The lowest BCUT2D eigenvalue weighted by Crippen LogP contribution is -2.37. The molecule has 8 heteroatoms. The van der Waals surface area contributed by atoms with E-state index in [4.69, 9.17) is 18.3 Å². The van der Waals surface area contributed by atoms with Gasteiger partial charge in [-0.05, 0) is 64.8 Å². The lowest BCUT2D eigenvalue weighted by atomic mass is 9.96. The fraction of sp³-hybridized carbons (Fsp3) is 0.591. The number of ketones is 1. The number of ether oxygens (including phenoxy) is 2. The van der Waals surface area contributed by atoms with Crippen LogP contribution in [0.25, 0.3) is 0 Å². The Morgan fingerprint density at radius 2 is 1.80 bits per heavy atom. The van der Waals surface area contributed by atoms with Crippen molar-refractivity contribution in [1.29, 1.82) is 0 Å². The largest absolute Gasteiger partial charge is 0.520 e. The molecule has 1 unspecified atom stereocenters. The molecule has 0 saturated carbocycles. The minimum atomic E-state index is -1.86. The first-order chi connectivity index (χ1) is 13.8. The Morgan fingerprint density at radius 1 is 1.17 bits per heavy atom. The average molecular weight is 469 g/mol. The van der Waals surface area contributed by atoms with E-state index in [1.54, 1.807) is 11.8 Å². The van der Waals surface area contributed by atoms with Gasteiger partial charge in [0.1, 0.15) is 0 Å². The maximum absolute atomic E-state index is 12.8. The van der Waals surface area contributed by atoms with Gasteiger partial charge in [0.2, 0.25) is 8.32 Å². The summed E-state index contributed by atoms with van der Waals surface area (Å²) in [6, 6.07) is 10.3. The van der Waals surface area contributed by atoms with Crippen molar-refractivity contribution in [3.8, 4) is 0 Å². The van der Waals surface area contributed by atoms with Gasteiger partial charge in [0.15, 0.2) is 20.4 Å². The van der Waals surface area contributed by atoms with Crippen LogP contribution in [0.1, 0.15) is 19.8 Å². The lowest BCUT2D eigenvalue weighted by molar-refractivity contribution is -0.135. The third-order valence-corrected chi connectivity index (χ3v) is 7.26.